The predicted octanol–water partition coefficient (Wildman–Crippen LogP) is 0.451. The average Bonchev–Trinajstić information content (AvgIpc) is 2.37. The Kier molecular flexibility index (Phi) is 10.3. The summed E-state index contributed by atoms with van der Waals surface area (Å²) in [5.41, 5.74) is 0. The van der Waals surface area contributed by atoms with Crippen LogP contribution in [-0.4, -0.2) is 63.9 Å². The van der Waals surface area contributed by atoms with Crippen molar-refractivity contribution in [1.82, 2.24) is 4.90 Å². The van der Waals surface area contributed by atoms with Gasteiger partial charge in [0.25, 0.3) is 0 Å². The number of rotatable bonds is 10. The highest BCUT2D eigenvalue weighted by Crippen LogP contribution is 1.98. The molecule has 0 saturated heterocycles. The van der Waals surface area contributed by atoms with Gasteiger partial charge >= 0.3 is 5.97 Å². The summed E-state index contributed by atoms with van der Waals surface area (Å²) in [6.07, 6.45) is 0.936. The van der Waals surface area contributed by atoms with Crippen LogP contribution in [0, 0.1) is 0 Å². The van der Waals surface area contributed by atoms with Crippen molar-refractivity contribution in [2.45, 2.75) is 19.8 Å². The van der Waals surface area contributed by atoms with Crippen molar-refractivity contribution in [2.24, 2.45) is 0 Å². The Morgan fingerprint density at radius 2 is 1.89 bits per heavy atom. The zero-order valence-corrected chi connectivity index (χ0v) is 11.4. The van der Waals surface area contributed by atoms with Gasteiger partial charge in [-0.1, -0.05) is 0 Å². The standard InChI is InChI=1S/C12H23NO5/c1-4-18-9-5-7-13(11(14)10-16-2)8-6-12(15)17-3/h4-10H2,1-3H3. The van der Waals surface area contributed by atoms with Gasteiger partial charge in [0, 0.05) is 33.4 Å². The van der Waals surface area contributed by atoms with E-state index in [0.717, 1.165) is 6.42 Å². The number of hydrogen-bond donors (Lipinski definition) is 0. The summed E-state index contributed by atoms with van der Waals surface area (Å²) in [6, 6.07) is 0. The number of hydrogen-bond acceptors (Lipinski definition) is 5. The maximum Gasteiger partial charge on any atom is 0.307 e. The van der Waals surface area contributed by atoms with E-state index in [1.54, 1.807) is 4.90 Å². The number of methoxy groups -OCH3 is 2. The molecule has 0 bridgehead atoms. The van der Waals surface area contributed by atoms with Gasteiger partial charge < -0.3 is 19.1 Å². The summed E-state index contributed by atoms with van der Waals surface area (Å²) in [5.74, 6) is -0.451. The van der Waals surface area contributed by atoms with Crippen LogP contribution in [0.2, 0.25) is 0 Å². The van der Waals surface area contributed by atoms with E-state index in [2.05, 4.69) is 4.74 Å². The third kappa shape index (κ3) is 8.03. The maximum atomic E-state index is 11.7. The van der Waals surface area contributed by atoms with Crippen LogP contribution in [0.1, 0.15) is 19.8 Å². The second-order valence-electron chi connectivity index (χ2n) is 3.69. The fraction of sp³-hybridized carbons (Fsp3) is 0.833. The molecule has 0 rings (SSSR count). The van der Waals surface area contributed by atoms with Crippen molar-refractivity contribution >= 4 is 11.9 Å². The third-order valence-corrected chi connectivity index (χ3v) is 2.35. The van der Waals surface area contributed by atoms with Crippen LogP contribution in [0.3, 0.4) is 0 Å². The number of esters is 1. The molecule has 6 heteroatoms. The molecule has 1 amide bonds. The molecule has 0 atom stereocenters. The Morgan fingerprint density at radius 1 is 1.17 bits per heavy atom. The van der Waals surface area contributed by atoms with Crippen LogP contribution in [-0.2, 0) is 23.8 Å². The van der Waals surface area contributed by atoms with E-state index in [-0.39, 0.29) is 24.9 Å². The molecule has 0 N–H and O–H groups in total. The van der Waals surface area contributed by atoms with Gasteiger partial charge in [0.05, 0.1) is 13.5 Å². The molecule has 18 heavy (non-hydrogen) atoms. The van der Waals surface area contributed by atoms with Gasteiger partial charge in [-0.3, -0.25) is 9.59 Å². The lowest BCUT2D eigenvalue weighted by Gasteiger charge is -2.21. The van der Waals surface area contributed by atoms with Gasteiger partial charge in [-0.05, 0) is 13.3 Å². The molecule has 0 aromatic carbocycles. The minimum absolute atomic E-state index is 0.0236. The highest BCUT2D eigenvalue weighted by atomic mass is 16.5. The Balaban J connectivity index is 4.07. The maximum absolute atomic E-state index is 11.7. The van der Waals surface area contributed by atoms with E-state index in [1.807, 2.05) is 6.92 Å². The van der Waals surface area contributed by atoms with Gasteiger partial charge in [0.1, 0.15) is 6.61 Å². The number of nitrogens with zero attached hydrogens (tertiary/aromatic N) is 1. The molecule has 0 unspecified atom stereocenters. The highest BCUT2D eigenvalue weighted by molar-refractivity contribution is 5.78. The van der Waals surface area contributed by atoms with Crippen LogP contribution in [0.25, 0.3) is 0 Å². The molecule has 0 heterocycles. The molecule has 0 aliphatic rings. The second kappa shape index (κ2) is 11.0. The lowest BCUT2D eigenvalue weighted by atomic mass is 10.3. The van der Waals surface area contributed by atoms with E-state index in [0.29, 0.717) is 26.3 Å². The van der Waals surface area contributed by atoms with Crippen molar-refractivity contribution in [1.29, 1.82) is 0 Å². The molecule has 106 valence electrons. The molecule has 0 fully saturated rings. The molecular weight excluding hydrogens is 238 g/mol. The first-order valence-corrected chi connectivity index (χ1v) is 6.07. The number of amides is 1. The fourth-order valence-electron chi connectivity index (χ4n) is 1.41. The average molecular weight is 261 g/mol. The largest absolute Gasteiger partial charge is 0.469 e. The van der Waals surface area contributed by atoms with Crippen LogP contribution in [0.15, 0.2) is 0 Å². The predicted molar refractivity (Wildman–Crippen MR) is 66.2 cm³/mol. The first-order chi connectivity index (χ1) is 8.65. The van der Waals surface area contributed by atoms with Crippen LogP contribution in [0.4, 0.5) is 0 Å². The minimum Gasteiger partial charge on any atom is -0.469 e. The fourth-order valence-corrected chi connectivity index (χ4v) is 1.41. The summed E-state index contributed by atoms with van der Waals surface area (Å²) < 4.78 is 14.6. The molecule has 0 spiro atoms. The van der Waals surface area contributed by atoms with Gasteiger partial charge in [-0.25, -0.2) is 0 Å². The molecular formula is C12H23NO5. The Morgan fingerprint density at radius 3 is 2.44 bits per heavy atom. The van der Waals surface area contributed by atoms with Crippen LogP contribution >= 0.6 is 0 Å². The SMILES string of the molecule is CCOCCCN(CCC(=O)OC)C(=O)COC. The molecule has 0 radical (unpaired) electrons. The van der Waals surface area contributed by atoms with E-state index < -0.39 is 0 Å². The highest BCUT2D eigenvalue weighted by Gasteiger charge is 2.14. The first-order valence-electron chi connectivity index (χ1n) is 6.07. The van der Waals surface area contributed by atoms with Crippen molar-refractivity contribution in [3.8, 4) is 0 Å². The Bertz CT molecular complexity index is 245. The van der Waals surface area contributed by atoms with Gasteiger partial charge in [-0.2, -0.15) is 0 Å². The van der Waals surface area contributed by atoms with Crippen molar-refractivity contribution in [2.75, 3.05) is 47.1 Å². The molecule has 0 aromatic heterocycles. The minimum atomic E-state index is -0.324. The lowest BCUT2D eigenvalue weighted by Crippen LogP contribution is -2.36. The normalized spacial score (nSPS) is 10.2. The van der Waals surface area contributed by atoms with Crippen molar-refractivity contribution in [3.05, 3.63) is 0 Å². The van der Waals surface area contributed by atoms with E-state index >= 15 is 0 Å². The monoisotopic (exact) mass is 261 g/mol. The van der Waals surface area contributed by atoms with E-state index in [1.165, 1.54) is 14.2 Å². The number of carbonyl (C=O) groups is 2. The van der Waals surface area contributed by atoms with Crippen molar-refractivity contribution in [3.63, 3.8) is 0 Å². The van der Waals surface area contributed by atoms with Crippen molar-refractivity contribution < 1.29 is 23.8 Å². The third-order valence-electron chi connectivity index (χ3n) is 2.35. The molecule has 0 aliphatic heterocycles. The summed E-state index contributed by atoms with van der Waals surface area (Å²) in [7, 11) is 2.80. The number of carbonyl (C=O) groups excluding carboxylic acids is 2. The van der Waals surface area contributed by atoms with E-state index in [9.17, 15) is 9.59 Å². The smallest absolute Gasteiger partial charge is 0.307 e. The molecule has 6 nitrogen and oxygen atoms in total. The molecule has 0 aromatic rings. The lowest BCUT2D eigenvalue weighted by molar-refractivity contribution is -0.142. The summed E-state index contributed by atoms with van der Waals surface area (Å²) in [4.78, 5) is 24.4. The second-order valence-corrected chi connectivity index (χ2v) is 3.69. The van der Waals surface area contributed by atoms with E-state index in [4.69, 9.17) is 9.47 Å². The zero-order chi connectivity index (χ0) is 13.8. The first kappa shape index (κ1) is 16.9. The summed E-state index contributed by atoms with van der Waals surface area (Å²) >= 11 is 0. The topological polar surface area (TPSA) is 65.1 Å². The zero-order valence-electron chi connectivity index (χ0n) is 11.4. The molecule has 0 aliphatic carbocycles. The summed E-state index contributed by atoms with van der Waals surface area (Å²) in [5, 5.41) is 0. The van der Waals surface area contributed by atoms with Crippen LogP contribution in [0.5, 0.6) is 0 Å². The quantitative estimate of drug-likeness (QED) is 0.422. The van der Waals surface area contributed by atoms with Gasteiger partial charge in [0.2, 0.25) is 5.91 Å². The van der Waals surface area contributed by atoms with Crippen LogP contribution < -0.4 is 0 Å². The van der Waals surface area contributed by atoms with Gasteiger partial charge in [0.15, 0.2) is 0 Å². The summed E-state index contributed by atoms with van der Waals surface area (Å²) in [6.45, 7) is 4.11. The Hall–Kier alpha value is -1.14. The Labute approximate surface area is 108 Å². The molecule has 0 saturated carbocycles. The number of ether oxygens (including phenoxy) is 3. The van der Waals surface area contributed by atoms with Gasteiger partial charge in [-0.15, -0.1) is 0 Å².